The van der Waals surface area contributed by atoms with E-state index >= 15 is 0 Å². The Kier molecular flexibility index (Phi) is 6.38. The lowest BCUT2D eigenvalue weighted by molar-refractivity contribution is 0.0771. The standard InChI is InChI=1S/C19H20F2N4O3/c1-26-15-8-4-14(5-9-15)25-18(23-19(24-25)28-12-17(20)21)13-2-6-16(7-3-13)27-11-10-22/h2-9,17H,10-12,22H2,1H3. The van der Waals surface area contributed by atoms with Crippen LogP contribution in [0.25, 0.3) is 17.1 Å². The molecule has 0 aliphatic carbocycles. The Labute approximate surface area is 160 Å². The van der Waals surface area contributed by atoms with Crippen LogP contribution in [0.5, 0.6) is 17.5 Å². The van der Waals surface area contributed by atoms with Crippen molar-refractivity contribution in [1.29, 1.82) is 0 Å². The fraction of sp³-hybridized carbons (Fsp3) is 0.263. The van der Waals surface area contributed by atoms with E-state index in [9.17, 15) is 8.78 Å². The van der Waals surface area contributed by atoms with Crippen molar-refractivity contribution in [2.45, 2.75) is 6.43 Å². The molecule has 0 aliphatic rings. The van der Waals surface area contributed by atoms with Gasteiger partial charge in [-0.15, -0.1) is 5.10 Å². The highest BCUT2D eigenvalue weighted by Crippen LogP contribution is 2.26. The summed E-state index contributed by atoms with van der Waals surface area (Å²) in [5, 5.41) is 4.22. The van der Waals surface area contributed by atoms with Gasteiger partial charge in [0.1, 0.15) is 18.1 Å². The van der Waals surface area contributed by atoms with E-state index in [1.165, 1.54) is 4.68 Å². The molecule has 7 nitrogen and oxygen atoms in total. The van der Waals surface area contributed by atoms with Crippen LogP contribution < -0.4 is 19.9 Å². The number of ether oxygens (including phenoxy) is 3. The normalized spacial score (nSPS) is 10.9. The lowest BCUT2D eigenvalue weighted by Crippen LogP contribution is -2.10. The molecule has 9 heteroatoms. The van der Waals surface area contributed by atoms with Gasteiger partial charge in [-0.2, -0.15) is 4.98 Å². The van der Waals surface area contributed by atoms with E-state index in [1.54, 1.807) is 55.6 Å². The van der Waals surface area contributed by atoms with Crippen molar-refractivity contribution in [1.82, 2.24) is 14.8 Å². The second kappa shape index (κ2) is 9.14. The van der Waals surface area contributed by atoms with E-state index in [4.69, 9.17) is 19.9 Å². The SMILES string of the molecule is COc1ccc(-n2nc(OCC(F)F)nc2-c2ccc(OCCN)cc2)cc1. The summed E-state index contributed by atoms with van der Waals surface area (Å²) in [5.74, 6) is 1.79. The lowest BCUT2D eigenvalue weighted by atomic mass is 10.2. The second-order valence-corrected chi connectivity index (χ2v) is 5.69. The summed E-state index contributed by atoms with van der Waals surface area (Å²) in [6.07, 6.45) is -2.62. The Morgan fingerprint density at radius 1 is 1.00 bits per heavy atom. The zero-order valence-electron chi connectivity index (χ0n) is 15.2. The van der Waals surface area contributed by atoms with E-state index in [-0.39, 0.29) is 6.01 Å². The first-order valence-electron chi connectivity index (χ1n) is 8.56. The van der Waals surface area contributed by atoms with Crippen molar-refractivity contribution in [2.24, 2.45) is 5.73 Å². The summed E-state index contributed by atoms with van der Waals surface area (Å²) < 4.78 is 42.1. The average Bonchev–Trinajstić information content (AvgIpc) is 3.15. The summed E-state index contributed by atoms with van der Waals surface area (Å²) in [5.41, 5.74) is 6.83. The molecule has 1 heterocycles. The topological polar surface area (TPSA) is 84.4 Å². The van der Waals surface area contributed by atoms with Gasteiger partial charge in [-0.05, 0) is 48.5 Å². The highest BCUT2D eigenvalue weighted by Gasteiger charge is 2.16. The molecule has 2 N–H and O–H groups in total. The van der Waals surface area contributed by atoms with Gasteiger partial charge < -0.3 is 19.9 Å². The van der Waals surface area contributed by atoms with Crippen molar-refractivity contribution in [3.63, 3.8) is 0 Å². The first-order chi connectivity index (χ1) is 13.6. The quantitative estimate of drug-likeness (QED) is 0.605. The molecule has 1 aromatic heterocycles. The van der Waals surface area contributed by atoms with E-state index in [2.05, 4.69) is 10.1 Å². The maximum Gasteiger partial charge on any atom is 0.336 e. The molecule has 0 saturated carbocycles. The number of hydrogen-bond acceptors (Lipinski definition) is 6. The number of alkyl halides is 2. The van der Waals surface area contributed by atoms with Crippen molar-refractivity contribution in [3.8, 4) is 34.6 Å². The number of nitrogens with two attached hydrogens (primary N) is 1. The maximum atomic E-state index is 12.5. The highest BCUT2D eigenvalue weighted by molar-refractivity contribution is 5.59. The zero-order valence-corrected chi connectivity index (χ0v) is 15.2. The minimum Gasteiger partial charge on any atom is -0.497 e. The van der Waals surface area contributed by atoms with Crippen LogP contribution in [0, 0.1) is 0 Å². The van der Waals surface area contributed by atoms with Crippen molar-refractivity contribution < 1.29 is 23.0 Å². The molecule has 2 aromatic carbocycles. The second-order valence-electron chi connectivity index (χ2n) is 5.69. The molecule has 0 spiro atoms. The van der Waals surface area contributed by atoms with E-state index in [0.717, 1.165) is 5.56 Å². The van der Waals surface area contributed by atoms with E-state index in [1.807, 2.05) is 0 Å². The molecule has 3 rings (SSSR count). The number of hydrogen-bond donors (Lipinski definition) is 1. The molecule has 0 atom stereocenters. The summed E-state index contributed by atoms with van der Waals surface area (Å²) in [4.78, 5) is 4.27. The molecular weight excluding hydrogens is 370 g/mol. The minimum atomic E-state index is -2.62. The van der Waals surface area contributed by atoms with Crippen LogP contribution in [-0.2, 0) is 0 Å². The number of benzene rings is 2. The third kappa shape index (κ3) is 4.74. The van der Waals surface area contributed by atoms with E-state index < -0.39 is 13.0 Å². The molecule has 0 aliphatic heterocycles. The molecule has 0 bridgehead atoms. The third-order valence-corrected chi connectivity index (χ3v) is 3.74. The third-order valence-electron chi connectivity index (χ3n) is 3.74. The average molecular weight is 390 g/mol. The Hall–Kier alpha value is -3.20. The Balaban J connectivity index is 1.94. The fourth-order valence-corrected chi connectivity index (χ4v) is 2.46. The van der Waals surface area contributed by atoms with E-state index in [0.29, 0.717) is 36.2 Å². The molecule has 0 radical (unpaired) electrons. The van der Waals surface area contributed by atoms with Crippen LogP contribution in [0.1, 0.15) is 0 Å². The van der Waals surface area contributed by atoms with Crippen molar-refractivity contribution >= 4 is 0 Å². The predicted molar refractivity (Wildman–Crippen MR) is 99.4 cm³/mol. The van der Waals surface area contributed by atoms with Crippen LogP contribution in [-0.4, -0.2) is 48.1 Å². The first-order valence-corrected chi connectivity index (χ1v) is 8.56. The van der Waals surface area contributed by atoms with Gasteiger partial charge in [-0.25, -0.2) is 13.5 Å². The van der Waals surface area contributed by atoms with Crippen LogP contribution in [0.4, 0.5) is 8.78 Å². The predicted octanol–water partition coefficient (Wildman–Crippen LogP) is 2.92. The largest absolute Gasteiger partial charge is 0.497 e. The van der Waals surface area contributed by atoms with Gasteiger partial charge in [-0.1, -0.05) is 0 Å². The van der Waals surface area contributed by atoms with Crippen LogP contribution >= 0.6 is 0 Å². The van der Waals surface area contributed by atoms with Crippen molar-refractivity contribution in [2.75, 3.05) is 26.9 Å². The smallest absolute Gasteiger partial charge is 0.336 e. The Bertz CT molecular complexity index is 883. The number of aromatic nitrogens is 3. The molecule has 3 aromatic rings. The highest BCUT2D eigenvalue weighted by atomic mass is 19.3. The number of rotatable bonds is 9. The van der Waals surface area contributed by atoms with Gasteiger partial charge in [0.15, 0.2) is 12.4 Å². The molecule has 0 saturated heterocycles. The minimum absolute atomic E-state index is 0.130. The fourth-order valence-electron chi connectivity index (χ4n) is 2.46. The summed E-state index contributed by atoms with van der Waals surface area (Å²) in [6, 6.07) is 14.1. The molecular formula is C19H20F2N4O3. The van der Waals surface area contributed by atoms with Gasteiger partial charge in [0, 0.05) is 12.1 Å². The van der Waals surface area contributed by atoms with Gasteiger partial charge in [-0.3, -0.25) is 0 Å². The molecule has 0 amide bonds. The van der Waals surface area contributed by atoms with Crippen LogP contribution in [0.2, 0.25) is 0 Å². The Morgan fingerprint density at radius 2 is 1.68 bits per heavy atom. The zero-order chi connectivity index (χ0) is 19.9. The maximum absolute atomic E-state index is 12.5. The molecule has 28 heavy (non-hydrogen) atoms. The summed E-state index contributed by atoms with van der Waals surface area (Å²) >= 11 is 0. The van der Waals surface area contributed by atoms with Crippen molar-refractivity contribution in [3.05, 3.63) is 48.5 Å². The number of methoxy groups -OCH3 is 1. The van der Waals surface area contributed by atoms with Gasteiger partial charge in [0.25, 0.3) is 6.43 Å². The number of nitrogens with zero attached hydrogens (tertiary/aromatic N) is 3. The van der Waals surface area contributed by atoms with Gasteiger partial charge in [0.05, 0.1) is 12.8 Å². The molecule has 0 unspecified atom stereocenters. The first kappa shape index (κ1) is 19.6. The summed E-state index contributed by atoms with van der Waals surface area (Å²) in [7, 11) is 1.57. The Morgan fingerprint density at radius 3 is 2.29 bits per heavy atom. The van der Waals surface area contributed by atoms with Gasteiger partial charge >= 0.3 is 6.01 Å². The number of halogens is 2. The monoisotopic (exact) mass is 390 g/mol. The lowest BCUT2D eigenvalue weighted by Gasteiger charge is -2.08. The molecule has 148 valence electrons. The van der Waals surface area contributed by atoms with Crippen LogP contribution in [0.15, 0.2) is 48.5 Å². The molecule has 0 fully saturated rings. The van der Waals surface area contributed by atoms with Crippen LogP contribution in [0.3, 0.4) is 0 Å². The van der Waals surface area contributed by atoms with Gasteiger partial charge in [0.2, 0.25) is 0 Å². The summed E-state index contributed by atoms with van der Waals surface area (Å²) in [6.45, 7) is 0.0449.